The Hall–Kier alpha value is -2.12. The van der Waals surface area contributed by atoms with Crippen molar-refractivity contribution in [2.45, 2.75) is 31.3 Å². The van der Waals surface area contributed by atoms with Crippen LogP contribution in [-0.4, -0.2) is 39.3 Å². The highest BCUT2D eigenvalue weighted by molar-refractivity contribution is 7.80. The molecule has 1 saturated heterocycles. The van der Waals surface area contributed by atoms with E-state index in [9.17, 15) is 0 Å². The molecule has 0 saturated carbocycles. The molecule has 0 amide bonds. The van der Waals surface area contributed by atoms with E-state index in [-0.39, 0.29) is 12.1 Å². The lowest BCUT2D eigenvalue weighted by Crippen LogP contribution is -2.49. The van der Waals surface area contributed by atoms with Gasteiger partial charge in [0.1, 0.15) is 0 Å². The second-order valence-corrected chi connectivity index (χ2v) is 8.99. The number of nitrogens with zero attached hydrogens (tertiary/aromatic N) is 2. The number of rotatable bonds is 6. The van der Waals surface area contributed by atoms with Crippen molar-refractivity contribution in [1.29, 1.82) is 0 Å². The molecule has 0 spiro atoms. The molecule has 1 aliphatic heterocycles. The number of piperidine rings is 1. The highest BCUT2D eigenvalue weighted by Gasteiger charge is 2.31. The van der Waals surface area contributed by atoms with Crippen LogP contribution in [0.3, 0.4) is 0 Å². The molecular weight excluding hydrogens is 449 g/mol. The number of nitrogens with one attached hydrogen (secondary N) is 3. The van der Waals surface area contributed by atoms with Crippen LogP contribution in [0.25, 0.3) is 10.9 Å². The van der Waals surface area contributed by atoms with Crippen LogP contribution in [0.1, 0.15) is 30.9 Å². The normalized spacial score (nSPS) is 17.9. The third-order valence-electron chi connectivity index (χ3n) is 5.70. The van der Waals surface area contributed by atoms with E-state index in [1.165, 1.54) is 12.8 Å². The zero-order valence-corrected chi connectivity index (χ0v) is 19.4. The van der Waals surface area contributed by atoms with Crippen molar-refractivity contribution in [2.24, 2.45) is 0 Å². The Bertz CT molecular complexity index is 1080. The Morgan fingerprint density at radius 2 is 2.13 bits per heavy atom. The molecule has 1 fully saturated rings. The fourth-order valence-electron chi connectivity index (χ4n) is 4.22. The Morgan fingerprint density at radius 3 is 2.94 bits per heavy atom. The second-order valence-electron chi connectivity index (χ2n) is 7.77. The predicted octanol–water partition coefficient (Wildman–Crippen LogP) is 5.94. The number of hydrogen-bond donors (Lipinski definition) is 3. The predicted molar refractivity (Wildman–Crippen MR) is 134 cm³/mol. The van der Waals surface area contributed by atoms with E-state index in [0.717, 1.165) is 41.7 Å². The van der Waals surface area contributed by atoms with Crippen LogP contribution in [0.5, 0.6) is 0 Å². The minimum atomic E-state index is -0.0346. The molecule has 0 unspecified atom stereocenters. The summed E-state index contributed by atoms with van der Waals surface area (Å²) in [5.74, 6) is 0. The van der Waals surface area contributed by atoms with E-state index in [2.05, 4.69) is 32.3 Å². The fourth-order valence-corrected chi connectivity index (χ4v) is 4.77. The van der Waals surface area contributed by atoms with E-state index in [1.54, 1.807) is 6.20 Å². The van der Waals surface area contributed by atoms with Crippen LogP contribution in [0.4, 0.5) is 5.69 Å². The average molecular weight is 474 g/mol. The van der Waals surface area contributed by atoms with E-state index < -0.39 is 0 Å². The Kier molecular flexibility index (Phi) is 7.13. The van der Waals surface area contributed by atoms with Crippen molar-refractivity contribution in [3.63, 3.8) is 0 Å². The lowest BCUT2D eigenvalue weighted by atomic mass is 9.90. The summed E-state index contributed by atoms with van der Waals surface area (Å²) < 4.78 is 0. The van der Waals surface area contributed by atoms with E-state index in [0.29, 0.717) is 15.2 Å². The van der Waals surface area contributed by atoms with Gasteiger partial charge < -0.3 is 10.6 Å². The van der Waals surface area contributed by atoms with Gasteiger partial charge in [-0.2, -0.15) is 5.10 Å². The summed E-state index contributed by atoms with van der Waals surface area (Å²) in [5, 5.41) is 16.6. The van der Waals surface area contributed by atoms with Gasteiger partial charge in [-0.1, -0.05) is 41.8 Å². The number of halogens is 2. The van der Waals surface area contributed by atoms with E-state index >= 15 is 0 Å². The van der Waals surface area contributed by atoms with Crippen LogP contribution in [0.15, 0.2) is 55.3 Å². The maximum Gasteiger partial charge on any atom is 0.171 e. The van der Waals surface area contributed by atoms with Gasteiger partial charge in [0.25, 0.3) is 0 Å². The molecule has 5 nitrogen and oxygen atoms in total. The monoisotopic (exact) mass is 473 g/mol. The first-order valence-corrected chi connectivity index (χ1v) is 11.5. The van der Waals surface area contributed by atoms with Crippen molar-refractivity contribution < 1.29 is 0 Å². The summed E-state index contributed by atoms with van der Waals surface area (Å²) >= 11 is 18.2. The van der Waals surface area contributed by atoms with Crippen molar-refractivity contribution >= 4 is 57.1 Å². The number of aromatic amines is 1. The third-order valence-corrected chi connectivity index (χ3v) is 6.66. The lowest BCUT2D eigenvalue weighted by Gasteiger charge is -2.41. The van der Waals surface area contributed by atoms with Crippen LogP contribution < -0.4 is 10.6 Å². The average Bonchev–Trinajstić information content (AvgIpc) is 3.23. The Balaban J connectivity index is 1.58. The molecule has 2 atom stereocenters. The molecule has 0 aliphatic carbocycles. The van der Waals surface area contributed by atoms with Crippen molar-refractivity contribution in [2.75, 3.05) is 18.4 Å². The van der Waals surface area contributed by atoms with Crippen molar-refractivity contribution in [3.8, 4) is 0 Å². The summed E-state index contributed by atoms with van der Waals surface area (Å²) in [6, 6.07) is 12.0. The molecule has 4 rings (SSSR count). The number of aromatic nitrogens is 2. The highest BCUT2D eigenvalue weighted by Crippen LogP contribution is 2.32. The van der Waals surface area contributed by atoms with Crippen LogP contribution in [0, 0.1) is 0 Å². The molecular formula is C23H25Cl2N5S. The number of fused-ring (bicyclic) bond motifs is 1. The third kappa shape index (κ3) is 5.21. The summed E-state index contributed by atoms with van der Waals surface area (Å²) in [7, 11) is 0. The SMILES string of the molecule is C=CCN1CCCC[C@H]1[C@@H](NC(=S)Nc1ccc2[nH]ncc2c1)c1ccc(Cl)c(Cl)c1. The first-order valence-electron chi connectivity index (χ1n) is 10.4. The second kappa shape index (κ2) is 10.0. The van der Waals surface area contributed by atoms with Gasteiger partial charge in [0, 0.05) is 23.7 Å². The number of hydrogen-bond acceptors (Lipinski definition) is 3. The number of anilines is 1. The number of benzene rings is 2. The first kappa shape index (κ1) is 22.1. The van der Waals surface area contributed by atoms with Gasteiger partial charge >= 0.3 is 0 Å². The van der Waals surface area contributed by atoms with Gasteiger partial charge in [0.15, 0.2) is 5.11 Å². The maximum absolute atomic E-state index is 6.36. The molecule has 1 aliphatic rings. The molecule has 8 heteroatoms. The largest absolute Gasteiger partial charge is 0.354 e. The summed E-state index contributed by atoms with van der Waals surface area (Å²) in [6.45, 7) is 5.81. The minimum Gasteiger partial charge on any atom is -0.354 e. The van der Waals surface area contributed by atoms with Gasteiger partial charge in [0.2, 0.25) is 0 Å². The van der Waals surface area contributed by atoms with Crippen LogP contribution in [-0.2, 0) is 0 Å². The molecule has 3 aromatic rings. The molecule has 1 aromatic heterocycles. The van der Waals surface area contributed by atoms with E-state index in [4.69, 9.17) is 35.4 Å². The molecule has 2 heterocycles. The molecule has 162 valence electrons. The van der Waals surface area contributed by atoms with Gasteiger partial charge in [-0.25, -0.2) is 0 Å². The smallest absolute Gasteiger partial charge is 0.171 e. The molecule has 31 heavy (non-hydrogen) atoms. The molecule has 0 bridgehead atoms. The number of H-pyrrole nitrogens is 1. The Labute approximate surface area is 197 Å². The van der Waals surface area contributed by atoms with Crippen LogP contribution >= 0.6 is 35.4 Å². The molecule has 2 aromatic carbocycles. The number of thiocarbonyl (C=S) groups is 1. The maximum atomic E-state index is 6.36. The van der Waals surface area contributed by atoms with Crippen molar-refractivity contribution in [1.82, 2.24) is 20.4 Å². The van der Waals surface area contributed by atoms with Gasteiger partial charge in [-0.05, 0) is 67.5 Å². The zero-order chi connectivity index (χ0) is 21.8. The highest BCUT2D eigenvalue weighted by atomic mass is 35.5. The quantitative estimate of drug-likeness (QED) is 0.305. The molecule has 0 radical (unpaired) electrons. The lowest BCUT2D eigenvalue weighted by molar-refractivity contribution is 0.135. The van der Waals surface area contributed by atoms with E-state index in [1.807, 2.05) is 42.5 Å². The number of likely N-dealkylation sites (tertiary alicyclic amines) is 1. The Morgan fingerprint density at radius 1 is 1.26 bits per heavy atom. The zero-order valence-electron chi connectivity index (χ0n) is 17.1. The topological polar surface area (TPSA) is 56.0 Å². The fraction of sp³-hybridized carbons (Fsp3) is 0.304. The van der Waals surface area contributed by atoms with Gasteiger partial charge in [0.05, 0.1) is 27.8 Å². The van der Waals surface area contributed by atoms with Crippen LogP contribution in [0.2, 0.25) is 10.0 Å². The summed E-state index contributed by atoms with van der Waals surface area (Å²) in [4.78, 5) is 2.46. The standard InChI is InChI=1S/C23H25Cl2N5S/c1-2-10-30-11-4-3-5-21(30)22(15-6-8-18(24)19(25)13-15)28-23(31)27-17-7-9-20-16(12-17)14-26-29-20/h2,6-9,12-14,21-22H,1,3-5,10-11H2,(H,26,29)(H2,27,28,31)/t21-,22-/m0/s1. The van der Waals surface area contributed by atoms with Gasteiger partial charge in [-0.3, -0.25) is 10.00 Å². The van der Waals surface area contributed by atoms with Gasteiger partial charge in [-0.15, -0.1) is 6.58 Å². The summed E-state index contributed by atoms with van der Waals surface area (Å²) in [5.41, 5.74) is 2.95. The minimum absolute atomic E-state index is 0.0346. The first-order chi connectivity index (χ1) is 15.0. The molecule has 3 N–H and O–H groups in total. The van der Waals surface area contributed by atoms with Crippen molar-refractivity contribution in [3.05, 3.63) is 70.9 Å². The summed E-state index contributed by atoms with van der Waals surface area (Å²) in [6.07, 6.45) is 7.18.